The summed E-state index contributed by atoms with van der Waals surface area (Å²) in [7, 11) is 0. The third-order valence-electron chi connectivity index (χ3n) is 3.40. The van der Waals surface area contributed by atoms with Gasteiger partial charge in [0.2, 0.25) is 0 Å². The minimum Gasteiger partial charge on any atom is -0.382 e. The van der Waals surface area contributed by atoms with E-state index in [1.54, 1.807) is 0 Å². The molecule has 0 aliphatic carbocycles. The molecule has 0 atom stereocenters. The number of hydrogen-bond acceptors (Lipinski definition) is 6. The molecule has 0 unspecified atom stereocenters. The molecule has 0 aliphatic heterocycles. The molecule has 10 N–H and O–H groups in total. The van der Waals surface area contributed by atoms with Gasteiger partial charge in [0.15, 0.2) is 28.4 Å². The van der Waals surface area contributed by atoms with E-state index in [0.717, 1.165) is 11.4 Å². The third-order valence-corrected chi connectivity index (χ3v) is 3.68. The van der Waals surface area contributed by atoms with E-state index in [1.807, 2.05) is 60.7 Å². The maximum Gasteiger partial charge on any atom is 0.323 e. The predicted octanol–water partition coefficient (Wildman–Crippen LogP) is 2.46. The van der Waals surface area contributed by atoms with E-state index in [4.69, 9.17) is 34.5 Å². The molecule has 32 heavy (non-hydrogen) atoms. The smallest absolute Gasteiger partial charge is 0.323 e. The van der Waals surface area contributed by atoms with Crippen molar-refractivity contribution in [3.05, 3.63) is 71.5 Å². The molecule has 0 saturated carbocycles. The Kier molecular flexibility index (Phi) is 10.2. The summed E-state index contributed by atoms with van der Waals surface area (Å²) in [6.07, 6.45) is 0. The maximum atomic E-state index is 11.6. The average Bonchev–Trinajstić information content (AvgIpc) is 2.72. The molecule has 0 radical (unpaired) electrons. The fourth-order valence-corrected chi connectivity index (χ4v) is 2.23. The van der Waals surface area contributed by atoms with Crippen molar-refractivity contribution in [3.63, 3.8) is 0 Å². The van der Waals surface area contributed by atoms with Crippen molar-refractivity contribution >= 4 is 64.9 Å². The minimum absolute atomic E-state index is 0. The number of nitrogens with one attached hydrogen (secondary N) is 2. The van der Waals surface area contributed by atoms with Crippen molar-refractivity contribution < 1.29 is 9.59 Å². The van der Waals surface area contributed by atoms with Crippen molar-refractivity contribution in [2.75, 3.05) is 22.1 Å². The second-order valence-electron chi connectivity index (χ2n) is 5.79. The lowest BCUT2D eigenvalue weighted by atomic mass is 10.3. The Labute approximate surface area is 194 Å². The zero-order chi connectivity index (χ0) is 22.8. The molecule has 1 aromatic heterocycles. The van der Waals surface area contributed by atoms with Gasteiger partial charge in [-0.15, -0.1) is 12.4 Å². The number of carbonyl (C=O) groups excluding carboxylic acids is 2. The van der Waals surface area contributed by atoms with Gasteiger partial charge in [-0.3, -0.25) is 4.79 Å². The number of aromatic nitrogens is 2. The first kappa shape index (κ1) is 25.9. The highest BCUT2D eigenvalue weighted by atomic mass is 35.5. The number of amides is 3. The molecule has 0 spiro atoms. The molecular formula is C19H21Cl2N9O2. The van der Waals surface area contributed by atoms with Gasteiger partial charge in [-0.05, 0) is 24.3 Å². The second-order valence-corrected chi connectivity index (χ2v) is 6.14. The molecule has 0 bridgehead atoms. The number of guanidine groups is 1. The number of aliphatic imine (C=N–C) groups is 1. The third kappa shape index (κ3) is 8.34. The number of urea groups is 1. The summed E-state index contributed by atoms with van der Waals surface area (Å²) in [5.74, 6) is -1.50. The predicted molar refractivity (Wildman–Crippen MR) is 129 cm³/mol. The van der Waals surface area contributed by atoms with E-state index < -0.39 is 11.9 Å². The lowest BCUT2D eigenvalue weighted by Gasteiger charge is -2.06. The van der Waals surface area contributed by atoms with E-state index in [0.29, 0.717) is 0 Å². The van der Waals surface area contributed by atoms with Gasteiger partial charge in [-0.1, -0.05) is 48.0 Å². The summed E-state index contributed by atoms with van der Waals surface area (Å²) < 4.78 is 0. The fraction of sp³-hybridized carbons (Fsp3) is 0. The second kappa shape index (κ2) is 12.6. The summed E-state index contributed by atoms with van der Waals surface area (Å²) in [6.45, 7) is 0. The highest BCUT2D eigenvalue weighted by Crippen LogP contribution is 2.17. The number of para-hydroxylation sites is 2. The lowest BCUT2D eigenvalue weighted by Crippen LogP contribution is -2.24. The Balaban J connectivity index is 0.000000311. The van der Waals surface area contributed by atoms with Crippen LogP contribution >= 0.6 is 24.0 Å². The van der Waals surface area contributed by atoms with Crippen LogP contribution in [-0.2, 0) is 0 Å². The summed E-state index contributed by atoms with van der Waals surface area (Å²) in [6, 6.07) is 18.4. The normalized spacial score (nSPS) is 9.28. The van der Waals surface area contributed by atoms with Crippen molar-refractivity contribution in [1.29, 1.82) is 0 Å². The Hall–Kier alpha value is -4.09. The summed E-state index contributed by atoms with van der Waals surface area (Å²) in [4.78, 5) is 33.3. The minimum atomic E-state index is -0.832. The molecule has 0 fully saturated rings. The van der Waals surface area contributed by atoms with Gasteiger partial charge in [0.25, 0.3) is 0 Å². The zero-order valence-corrected chi connectivity index (χ0v) is 18.1. The van der Waals surface area contributed by atoms with Crippen LogP contribution in [0.5, 0.6) is 0 Å². The Morgan fingerprint density at radius 1 is 0.812 bits per heavy atom. The number of nitrogens with two attached hydrogens (primary N) is 4. The maximum absolute atomic E-state index is 11.6. The number of carbonyl (C=O) groups is 2. The number of hydrogen-bond donors (Lipinski definition) is 6. The SMILES string of the molecule is Cl.NC(N)=NC(=O)c1nc(Cl)c(N)nc1N.O=C(Nc1ccccc1)Nc1ccccc1. The van der Waals surface area contributed by atoms with Crippen molar-refractivity contribution in [2.24, 2.45) is 16.5 Å². The standard InChI is InChI=1S/C13H12N2O.C6H8ClN7O.ClH/c16-13(14-11-7-3-1-4-8-11)15-12-9-5-2-6-10-12;7-2-4(9)13-3(8)1(12-2)5(15)14-6(10)11;/h1-10H,(H2,14,15,16);(H4,8,9,13)(H4,10,11,14,15);1H. The fourth-order valence-electron chi connectivity index (χ4n) is 2.11. The first-order valence-electron chi connectivity index (χ1n) is 8.66. The molecule has 0 aliphatic rings. The molecule has 0 saturated heterocycles. The number of anilines is 4. The van der Waals surface area contributed by atoms with E-state index >= 15 is 0 Å². The quantitative estimate of drug-likeness (QED) is 0.243. The first-order valence-corrected chi connectivity index (χ1v) is 9.04. The number of rotatable bonds is 3. The van der Waals surface area contributed by atoms with Gasteiger partial charge < -0.3 is 33.6 Å². The number of nitrogen functional groups attached to an aromatic ring is 2. The van der Waals surface area contributed by atoms with Crippen molar-refractivity contribution in [3.8, 4) is 0 Å². The number of benzene rings is 2. The van der Waals surface area contributed by atoms with Crippen LogP contribution in [0.25, 0.3) is 0 Å². The van der Waals surface area contributed by atoms with Crippen molar-refractivity contribution in [1.82, 2.24) is 9.97 Å². The average molecular weight is 478 g/mol. The zero-order valence-electron chi connectivity index (χ0n) is 16.5. The highest BCUT2D eigenvalue weighted by Gasteiger charge is 2.15. The van der Waals surface area contributed by atoms with Crippen LogP contribution in [-0.4, -0.2) is 27.9 Å². The number of halogens is 2. The van der Waals surface area contributed by atoms with Crippen LogP contribution in [0.1, 0.15) is 10.5 Å². The summed E-state index contributed by atoms with van der Waals surface area (Å²) >= 11 is 5.55. The molecule has 1 heterocycles. The molecular weight excluding hydrogens is 457 g/mol. The van der Waals surface area contributed by atoms with Gasteiger partial charge in [0, 0.05) is 11.4 Å². The van der Waals surface area contributed by atoms with Crippen LogP contribution in [0, 0.1) is 0 Å². The number of nitrogens with zero attached hydrogens (tertiary/aromatic N) is 3. The molecule has 3 rings (SSSR count). The van der Waals surface area contributed by atoms with Gasteiger partial charge in [-0.25, -0.2) is 14.8 Å². The van der Waals surface area contributed by atoms with Gasteiger partial charge in [0.05, 0.1) is 0 Å². The topological polar surface area (TPSA) is 200 Å². The Morgan fingerprint density at radius 3 is 1.72 bits per heavy atom. The van der Waals surface area contributed by atoms with Gasteiger partial charge in [-0.2, -0.15) is 4.99 Å². The van der Waals surface area contributed by atoms with Crippen LogP contribution in [0.3, 0.4) is 0 Å². The van der Waals surface area contributed by atoms with Crippen LogP contribution in [0.15, 0.2) is 65.7 Å². The van der Waals surface area contributed by atoms with E-state index in [9.17, 15) is 9.59 Å². The Bertz CT molecular complexity index is 1030. The van der Waals surface area contributed by atoms with E-state index in [2.05, 4.69) is 25.6 Å². The summed E-state index contributed by atoms with van der Waals surface area (Å²) in [5.41, 5.74) is 22.0. The van der Waals surface area contributed by atoms with E-state index in [1.165, 1.54) is 0 Å². The van der Waals surface area contributed by atoms with E-state index in [-0.39, 0.29) is 40.9 Å². The first-order chi connectivity index (χ1) is 14.8. The summed E-state index contributed by atoms with van der Waals surface area (Å²) in [5, 5.41) is 5.34. The molecule has 2 aromatic carbocycles. The monoisotopic (exact) mass is 477 g/mol. The van der Waals surface area contributed by atoms with Crippen LogP contribution < -0.4 is 33.6 Å². The Morgan fingerprint density at radius 2 is 1.28 bits per heavy atom. The van der Waals surface area contributed by atoms with Crippen LogP contribution in [0.4, 0.5) is 27.8 Å². The van der Waals surface area contributed by atoms with Gasteiger partial charge >= 0.3 is 11.9 Å². The van der Waals surface area contributed by atoms with Crippen LogP contribution in [0.2, 0.25) is 5.15 Å². The lowest BCUT2D eigenvalue weighted by molar-refractivity contribution is 0.0998. The highest BCUT2D eigenvalue weighted by molar-refractivity contribution is 6.31. The van der Waals surface area contributed by atoms with Crippen molar-refractivity contribution in [2.45, 2.75) is 0 Å². The molecule has 3 amide bonds. The molecule has 3 aromatic rings. The van der Waals surface area contributed by atoms with Gasteiger partial charge in [0.1, 0.15) is 0 Å². The molecule has 11 nitrogen and oxygen atoms in total. The largest absolute Gasteiger partial charge is 0.382 e. The molecule has 13 heteroatoms. The molecule has 168 valence electrons.